The van der Waals surface area contributed by atoms with E-state index in [0.29, 0.717) is 28.6 Å². The molecule has 1 aromatic carbocycles. The van der Waals surface area contributed by atoms with E-state index in [9.17, 15) is 14.4 Å². The lowest BCUT2D eigenvalue weighted by Gasteiger charge is -2.07. The van der Waals surface area contributed by atoms with Crippen molar-refractivity contribution >= 4 is 17.7 Å². The Morgan fingerprint density at radius 2 is 1.77 bits per heavy atom. The Balaban J connectivity index is 1.64. The number of aryl methyl sites for hydroxylation is 2. The number of aromatic nitrogens is 2. The van der Waals surface area contributed by atoms with Gasteiger partial charge >= 0.3 is 5.97 Å². The molecule has 9 nitrogen and oxygen atoms in total. The zero-order chi connectivity index (χ0) is 21.8. The minimum Gasteiger partial charge on any atom is -0.484 e. The third-order valence-corrected chi connectivity index (χ3v) is 4.38. The van der Waals surface area contributed by atoms with Gasteiger partial charge in [-0.15, -0.1) is 0 Å². The van der Waals surface area contributed by atoms with Crippen LogP contribution >= 0.6 is 0 Å². The van der Waals surface area contributed by atoms with Crippen molar-refractivity contribution in [1.82, 2.24) is 9.72 Å². The van der Waals surface area contributed by atoms with Gasteiger partial charge in [-0.25, -0.2) is 4.79 Å². The van der Waals surface area contributed by atoms with Crippen molar-refractivity contribution < 1.29 is 28.4 Å². The van der Waals surface area contributed by atoms with Crippen molar-refractivity contribution in [2.75, 3.05) is 13.2 Å². The number of esters is 1. The number of primary amides is 1. The molecule has 2 aromatic heterocycles. The number of hydrogen-bond donors (Lipinski definition) is 1. The maximum atomic E-state index is 12.6. The summed E-state index contributed by atoms with van der Waals surface area (Å²) in [6, 6.07) is 9.46. The van der Waals surface area contributed by atoms with Gasteiger partial charge in [0.05, 0.1) is 5.56 Å². The third-order valence-electron chi connectivity index (χ3n) is 4.38. The third kappa shape index (κ3) is 4.57. The molecule has 0 unspecified atom stereocenters. The fourth-order valence-electron chi connectivity index (χ4n) is 2.99. The Bertz CT molecular complexity index is 1090. The first-order chi connectivity index (χ1) is 14.3. The van der Waals surface area contributed by atoms with E-state index in [1.165, 1.54) is 24.3 Å². The molecule has 2 N–H and O–H groups in total. The molecule has 30 heavy (non-hydrogen) atoms. The molecule has 3 aromatic rings. The normalized spacial score (nSPS) is 10.6. The minimum absolute atomic E-state index is 0.248. The zero-order valence-corrected chi connectivity index (χ0v) is 16.8. The highest BCUT2D eigenvalue weighted by Gasteiger charge is 2.20. The highest BCUT2D eigenvalue weighted by molar-refractivity contribution is 6.00. The molecule has 0 atom stereocenters. The van der Waals surface area contributed by atoms with Gasteiger partial charge in [0.2, 0.25) is 5.78 Å². The van der Waals surface area contributed by atoms with Gasteiger partial charge < -0.3 is 19.7 Å². The average Bonchev–Trinajstić information content (AvgIpc) is 3.26. The summed E-state index contributed by atoms with van der Waals surface area (Å²) in [6.07, 6.45) is 0. The van der Waals surface area contributed by atoms with E-state index < -0.39 is 18.5 Å². The molecule has 0 aliphatic heterocycles. The maximum absolute atomic E-state index is 12.6. The smallest absolute Gasteiger partial charge is 0.338 e. The first-order valence-corrected chi connectivity index (χ1v) is 9.10. The van der Waals surface area contributed by atoms with Gasteiger partial charge in [0.15, 0.2) is 19.0 Å². The second-order valence-corrected chi connectivity index (χ2v) is 6.69. The van der Waals surface area contributed by atoms with Gasteiger partial charge in [-0.05, 0) is 51.1 Å². The second-order valence-electron chi connectivity index (χ2n) is 6.69. The Kier molecular flexibility index (Phi) is 6.01. The predicted octanol–water partition coefficient (Wildman–Crippen LogP) is 2.29. The summed E-state index contributed by atoms with van der Waals surface area (Å²) >= 11 is 0. The number of nitrogens with two attached hydrogens (primary N) is 1. The van der Waals surface area contributed by atoms with Crippen LogP contribution in [0.15, 0.2) is 40.9 Å². The summed E-state index contributed by atoms with van der Waals surface area (Å²) in [5, 5.41) is 3.98. The lowest BCUT2D eigenvalue weighted by molar-refractivity contribution is -0.119. The van der Waals surface area contributed by atoms with Crippen molar-refractivity contribution in [1.29, 1.82) is 0 Å². The molecule has 2 heterocycles. The number of carbonyl (C=O) groups excluding carboxylic acids is 3. The van der Waals surface area contributed by atoms with Crippen LogP contribution in [-0.4, -0.2) is 40.6 Å². The van der Waals surface area contributed by atoms with Gasteiger partial charge in [-0.1, -0.05) is 5.16 Å². The molecule has 3 rings (SSSR count). The number of ether oxygens (including phenoxy) is 2. The lowest BCUT2D eigenvalue weighted by atomic mass is 10.1. The standard InChI is InChI=1S/C21H21N3O6/c1-12-8-17(14(3)24(12)20-9-13(2)30-23-20)18(25)10-29-21(27)15-4-6-16(7-5-15)28-11-19(22)26/h4-9H,10-11H2,1-3H3,(H2,22,26). The average molecular weight is 411 g/mol. The van der Waals surface area contributed by atoms with Crippen LogP contribution in [0.3, 0.4) is 0 Å². The summed E-state index contributed by atoms with van der Waals surface area (Å²) in [4.78, 5) is 35.6. The van der Waals surface area contributed by atoms with Crippen molar-refractivity contribution in [3.63, 3.8) is 0 Å². The van der Waals surface area contributed by atoms with E-state index in [-0.39, 0.29) is 18.0 Å². The van der Waals surface area contributed by atoms with Crippen molar-refractivity contribution in [3.05, 3.63) is 64.7 Å². The summed E-state index contributed by atoms with van der Waals surface area (Å²) in [5.41, 5.74) is 7.18. The Hall–Kier alpha value is -3.88. The maximum Gasteiger partial charge on any atom is 0.338 e. The van der Waals surface area contributed by atoms with Gasteiger partial charge in [-0.2, -0.15) is 0 Å². The molecular formula is C21H21N3O6. The van der Waals surface area contributed by atoms with E-state index in [1.54, 1.807) is 30.5 Å². The van der Waals surface area contributed by atoms with Crippen LogP contribution < -0.4 is 10.5 Å². The number of ketones is 1. The van der Waals surface area contributed by atoms with E-state index in [0.717, 1.165) is 5.69 Å². The summed E-state index contributed by atoms with van der Waals surface area (Å²) in [7, 11) is 0. The quantitative estimate of drug-likeness (QED) is 0.445. The largest absolute Gasteiger partial charge is 0.484 e. The van der Waals surface area contributed by atoms with E-state index in [2.05, 4.69) is 5.16 Å². The van der Waals surface area contributed by atoms with Crippen LogP contribution in [0.5, 0.6) is 5.75 Å². The van der Waals surface area contributed by atoms with Crippen molar-refractivity contribution in [3.8, 4) is 11.6 Å². The van der Waals surface area contributed by atoms with Crippen LogP contribution in [0, 0.1) is 20.8 Å². The molecule has 0 spiro atoms. The molecule has 1 amide bonds. The molecule has 0 aliphatic rings. The van der Waals surface area contributed by atoms with Crippen molar-refractivity contribution in [2.45, 2.75) is 20.8 Å². The highest BCUT2D eigenvalue weighted by Crippen LogP contribution is 2.21. The first kappa shape index (κ1) is 20.8. The summed E-state index contributed by atoms with van der Waals surface area (Å²) in [6.45, 7) is 4.76. The molecule has 0 radical (unpaired) electrons. The van der Waals surface area contributed by atoms with Gasteiger partial charge in [0.25, 0.3) is 5.91 Å². The monoisotopic (exact) mass is 411 g/mol. The van der Waals surface area contributed by atoms with Crippen LogP contribution in [0.2, 0.25) is 0 Å². The molecule has 0 saturated carbocycles. The number of rotatable bonds is 8. The lowest BCUT2D eigenvalue weighted by Crippen LogP contribution is -2.20. The highest BCUT2D eigenvalue weighted by atomic mass is 16.5. The molecule has 9 heteroatoms. The number of amides is 1. The first-order valence-electron chi connectivity index (χ1n) is 9.10. The van der Waals surface area contributed by atoms with E-state index in [4.69, 9.17) is 19.7 Å². The number of Topliss-reactive ketones (excluding diaryl/α,β-unsaturated/α-hetero) is 1. The molecule has 0 fully saturated rings. The summed E-state index contributed by atoms with van der Waals surface area (Å²) < 4.78 is 17.2. The fourth-order valence-corrected chi connectivity index (χ4v) is 2.99. The Morgan fingerprint density at radius 3 is 2.37 bits per heavy atom. The van der Waals surface area contributed by atoms with Crippen LogP contribution in [0.4, 0.5) is 0 Å². The molecule has 0 saturated heterocycles. The van der Waals surface area contributed by atoms with Gasteiger partial charge in [-0.3, -0.25) is 14.2 Å². The molecule has 0 aliphatic carbocycles. The number of carbonyl (C=O) groups is 3. The van der Waals surface area contributed by atoms with Gasteiger partial charge in [0, 0.05) is 23.0 Å². The van der Waals surface area contributed by atoms with Crippen LogP contribution in [0.25, 0.3) is 5.82 Å². The molecular weight excluding hydrogens is 390 g/mol. The zero-order valence-electron chi connectivity index (χ0n) is 16.8. The molecule has 156 valence electrons. The predicted molar refractivity (Wildman–Crippen MR) is 106 cm³/mol. The Morgan fingerprint density at radius 1 is 1.07 bits per heavy atom. The minimum atomic E-state index is -0.647. The topological polar surface area (TPSA) is 127 Å². The Labute approximate surface area is 172 Å². The number of hydrogen-bond acceptors (Lipinski definition) is 7. The van der Waals surface area contributed by atoms with E-state index >= 15 is 0 Å². The van der Waals surface area contributed by atoms with Crippen molar-refractivity contribution in [2.24, 2.45) is 5.73 Å². The van der Waals surface area contributed by atoms with Crippen LogP contribution in [0.1, 0.15) is 37.9 Å². The van der Waals surface area contributed by atoms with Gasteiger partial charge in [0.1, 0.15) is 11.5 Å². The number of benzene rings is 1. The second kappa shape index (κ2) is 8.64. The summed E-state index contributed by atoms with van der Waals surface area (Å²) in [5.74, 6) is 0.0459. The van der Waals surface area contributed by atoms with Crippen LogP contribution in [-0.2, 0) is 9.53 Å². The van der Waals surface area contributed by atoms with E-state index in [1.807, 2.05) is 6.92 Å². The SMILES string of the molecule is Cc1cc(-n2c(C)cc(C(=O)COC(=O)c3ccc(OCC(N)=O)cc3)c2C)no1. The fraction of sp³-hybridized carbons (Fsp3) is 0.238. The number of nitrogens with zero attached hydrogens (tertiary/aromatic N) is 2. The molecule has 0 bridgehead atoms.